The van der Waals surface area contributed by atoms with Crippen LogP contribution >= 0.6 is 0 Å². The number of benzene rings is 1. The monoisotopic (exact) mass is 350 g/mol. The van der Waals surface area contributed by atoms with Crippen LogP contribution in [-0.4, -0.2) is 26.5 Å². The summed E-state index contributed by atoms with van der Waals surface area (Å²) in [7, 11) is 1.85. The molecule has 0 saturated heterocycles. The normalized spacial score (nSPS) is 20.0. The first kappa shape index (κ1) is 17.5. The van der Waals surface area contributed by atoms with Crippen LogP contribution in [0.2, 0.25) is 0 Å². The Hall–Kier alpha value is -2.28. The Morgan fingerprint density at radius 1 is 1.32 bits per heavy atom. The van der Waals surface area contributed by atoms with Crippen LogP contribution in [0.25, 0.3) is 5.70 Å². The second kappa shape index (κ2) is 6.92. The van der Waals surface area contributed by atoms with Crippen molar-refractivity contribution in [1.82, 2.24) is 14.5 Å². The Balaban J connectivity index is 1.90. The quantitative estimate of drug-likeness (QED) is 0.843. The van der Waals surface area contributed by atoms with Gasteiger partial charge in [-0.05, 0) is 37.0 Å². The molecule has 1 aromatic heterocycles. The van der Waals surface area contributed by atoms with Crippen LogP contribution in [0.15, 0.2) is 31.2 Å². The number of nitrogens with zero attached hydrogens (tertiary/aromatic N) is 3. The highest BCUT2D eigenvalue weighted by molar-refractivity contribution is 5.58. The molecule has 0 bridgehead atoms. The average molecular weight is 350 g/mol. The second-order valence-electron chi connectivity index (χ2n) is 6.60. The van der Waals surface area contributed by atoms with E-state index in [1.807, 2.05) is 18.1 Å². The molecule has 1 aliphatic carbocycles. The minimum Gasteiger partial charge on any atom is -0.363 e. The van der Waals surface area contributed by atoms with Gasteiger partial charge in [-0.1, -0.05) is 6.58 Å². The molecule has 2 atom stereocenters. The van der Waals surface area contributed by atoms with Crippen LogP contribution in [0.5, 0.6) is 0 Å². The minimum absolute atomic E-state index is 0.0886. The zero-order chi connectivity index (χ0) is 18.1. The first-order chi connectivity index (χ1) is 11.8. The first-order valence-electron chi connectivity index (χ1n) is 8.18. The largest absolute Gasteiger partial charge is 0.363 e. The predicted molar refractivity (Wildman–Crippen MR) is 89.7 cm³/mol. The Morgan fingerprint density at radius 2 is 2.00 bits per heavy atom. The van der Waals surface area contributed by atoms with Gasteiger partial charge in [-0.3, -0.25) is 0 Å². The van der Waals surface area contributed by atoms with Crippen LogP contribution in [0, 0.1) is 17.5 Å². The van der Waals surface area contributed by atoms with Crippen LogP contribution in [0.4, 0.5) is 13.2 Å². The van der Waals surface area contributed by atoms with Crippen molar-refractivity contribution in [2.75, 3.05) is 0 Å². The summed E-state index contributed by atoms with van der Waals surface area (Å²) in [5.74, 6) is -3.84. The fourth-order valence-electron chi connectivity index (χ4n) is 3.32. The molecule has 2 aromatic rings. The topological polar surface area (TPSA) is 47.1 Å². The molecule has 2 N–H and O–H groups in total. The molecule has 0 spiro atoms. The lowest BCUT2D eigenvalue weighted by Crippen LogP contribution is -2.33. The molecule has 0 aliphatic heterocycles. The summed E-state index contributed by atoms with van der Waals surface area (Å²) in [5.41, 5.74) is 7.71. The second-order valence-corrected chi connectivity index (χ2v) is 6.60. The summed E-state index contributed by atoms with van der Waals surface area (Å²) in [6.45, 7) is 4.32. The number of aryl methyl sites for hydroxylation is 1. The number of hydrogen-bond donors (Lipinski definition) is 1. The molecular weight excluding hydrogens is 329 g/mol. The van der Waals surface area contributed by atoms with Crippen molar-refractivity contribution in [1.29, 1.82) is 0 Å². The van der Waals surface area contributed by atoms with Gasteiger partial charge in [0.2, 0.25) is 0 Å². The maximum atomic E-state index is 13.6. The van der Waals surface area contributed by atoms with Gasteiger partial charge in [-0.2, -0.15) is 0 Å². The Kier molecular flexibility index (Phi) is 4.85. The maximum Gasteiger partial charge on any atom is 0.194 e. The molecule has 7 heteroatoms. The van der Waals surface area contributed by atoms with E-state index in [2.05, 4.69) is 11.6 Å². The Morgan fingerprint density at radius 3 is 2.52 bits per heavy atom. The third-order valence-electron chi connectivity index (χ3n) is 4.63. The fraction of sp³-hybridized carbons (Fsp3) is 0.389. The highest BCUT2D eigenvalue weighted by Gasteiger charge is 2.29. The number of nitrogens with two attached hydrogens (primary N) is 1. The van der Waals surface area contributed by atoms with Gasteiger partial charge < -0.3 is 15.2 Å². The molecular formula is C18H21F3N4. The molecule has 1 aliphatic rings. The predicted octanol–water partition coefficient (Wildman–Crippen LogP) is 3.19. The van der Waals surface area contributed by atoms with Crippen molar-refractivity contribution < 1.29 is 13.2 Å². The molecule has 1 heterocycles. The van der Waals surface area contributed by atoms with Gasteiger partial charge in [-0.15, -0.1) is 0 Å². The molecule has 0 amide bonds. The third kappa shape index (κ3) is 3.71. The number of hydrogen-bond acceptors (Lipinski definition) is 3. The molecule has 1 fully saturated rings. The first-order valence-corrected chi connectivity index (χ1v) is 8.18. The van der Waals surface area contributed by atoms with Crippen molar-refractivity contribution in [3.63, 3.8) is 0 Å². The summed E-state index contributed by atoms with van der Waals surface area (Å²) in [6.07, 6.45) is 5.99. The number of aromatic nitrogens is 2. The van der Waals surface area contributed by atoms with Gasteiger partial charge in [0.25, 0.3) is 0 Å². The highest BCUT2D eigenvalue weighted by atomic mass is 19.2. The highest BCUT2D eigenvalue weighted by Crippen LogP contribution is 2.31. The molecule has 0 radical (unpaired) electrons. The van der Waals surface area contributed by atoms with Gasteiger partial charge in [0.15, 0.2) is 17.5 Å². The van der Waals surface area contributed by atoms with Gasteiger partial charge >= 0.3 is 0 Å². The van der Waals surface area contributed by atoms with E-state index in [4.69, 9.17) is 5.73 Å². The van der Waals surface area contributed by atoms with Gasteiger partial charge in [0, 0.05) is 31.9 Å². The standard InChI is InChI=1S/C18H21F3N4/c1-11(17-9-24(2)10-23-17)25(14-4-3-13(22)7-14)8-12-5-15(19)18(21)16(20)6-12/h5-6,9-10,13-14H,1,3-4,7-8,22H2,2H3. The molecule has 1 saturated carbocycles. The molecule has 2 unspecified atom stereocenters. The van der Waals surface area contributed by atoms with E-state index < -0.39 is 17.5 Å². The molecule has 134 valence electrons. The van der Waals surface area contributed by atoms with E-state index in [1.54, 1.807) is 10.9 Å². The fourth-order valence-corrected chi connectivity index (χ4v) is 3.32. The lowest BCUT2D eigenvalue weighted by molar-refractivity contribution is 0.286. The SMILES string of the molecule is C=C(c1cn(C)cn1)N(Cc1cc(F)c(F)c(F)c1)C1CCC(N)C1. The summed E-state index contributed by atoms with van der Waals surface area (Å²) < 4.78 is 42.1. The Bertz CT molecular complexity index is 763. The van der Waals surface area contributed by atoms with Crippen molar-refractivity contribution in [3.05, 3.63) is 59.9 Å². The molecule has 3 rings (SSSR count). The maximum absolute atomic E-state index is 13.6. The van der Waals surface area contributed by atoms with E-state index in [9.17, 15) is 13.2 Å². The van der Waals surface area contributed by atoms with Gasteiger partial charge in [-0.25, -0.2) is 18.2 Å². The lowest BCUT2D eigenvalue weighted by Gasteiger charge is -2.32. The minimum atomic E-state index is -1.46. The van der Waals surface area contributed by atoms with E-state index in [-0.39, 0.29) is 18.6 Å². The molecule has 4 nitrogen and oxygen atoms in total. The van der Waals surface area contributed by atoms with Gasteiger partial charge in [0.05, 0.1) is 12.0 Å². The van der Waals surface area contributed by atoms with Crippen molar-refractivity contribution in [3.8, 4) is 0 Å². The van der Waals surface area contributed by atoms with E-state index in [0.717, 1.165) is 31.4 Å². The number of rotatable bonds is 5. The summed E-state index contributed by atoms with van der Waals surface area (Å²) >= 11 is 0. The van der Waals surface area contributed by atoms with Crippen molar-refractivity contribution in [2.24, 2.45) is 12.8 Å². The van der Waals surface area contributed by atoms with E-state index >= 15 is 0 Å². The summed E-state index contributed by atoms with van der Waals surface area (Å²) in [6, 6.07) is 2.23. The van der Waals surface area contributed by atoms with Gasteiger partial charge in [0.1, 0.15) is 5.69 Å². The van der Waals surface area contributed by atoms with Crippen LogP contribution < -0.4 is 5.73 Å². The summed E-state index contributed by atoms with van der Waals surface area (Å²) in [4.78, 5) is 6.26. The van der Waals surface area contributed by atoms with E-state index in [1.165, 1.54) is 0 Å². The lowest BCUT2D eigenvalue weighted by atomic mass is 10.1. The number of halogens is 3. The number of imidazole rings is 1. The third-order valence-corrected chi connectivity index (χ3v) is 4.63. The van der Waals surface area contributed by atoms with Crippen LogP contribution in [0.1, 0.15) is 30.5 Å². The molecule has 25 heavy (non-hydrogen) atoms. The van der Waals surface area contributed by atoms with Crippen molar-refractivity contribution in [2.45, 2.75) is 37.9 Å². The molecule has 1 aromatic carbocycles. The van der Waals surface area contributed by atoms with Crippen LogP contribution in [-0.2, 0) is 13.6 Å². The van der Waals surface area contributed by atoms with Crippen molar-refractivity contribution >= 4 is 5.70 Å². The summed E-state index contributed by atoms with van der Waals surface area (Å²) in [5, 5.41) is 0. The Labute approximate surface area is 144 Å². The van der Waals surface area contributed by atoms with Crippen LogP contribution in [0.3, 0.4) is 0 Å². The smallest absolute Gasteiger partial charge is 0.194 e. The van der Waals surface area contributed by atoms with E-state index in [0.29, 0.717) is 17.0 Å². The zero-order valence-electron chi connectivity index (χ0n) is 14.1. The average Bonchev–Trinajstić information content (AvgIpc) is 3.18. The zero-order valence-corrected chi connectivity index (χ0v) is 14.1.